The van der Waals surface area contributed by atoms with Gasteiger partial charge in [-0.25, -0.2) is 0 Å². The third kappa shape index (κ3) is 2.57. The maximum absolute atomic E-state index is 13.0. The van der Waals surface area contributed by atoms with Crippen molar-refractivity contribution in [1.82, 2.24) is 4.98 Å². The molecule has 2 aliphatic rings. The van der Waals surface area contributed by atoms with Crippen LogP contribution in [0.25, 0.3) is 0 Å². The van der Waals surface area contributed by atoms with E-state index in [0.29, 0.717) is 23.3 Å². The van der Waals surface area contributed by atoms with Gasteiger partial charge in [-0.2, -0.15) is 24.9 Å². The molecule has 0 N–H and O–H groups in total. The van der Waals surface area contributed by atoms with E-state index < -0.39 is 11.7 Å². The molecule has 2 saturated heterocycles. The molecule has 1 aromatic rings. The normalized spacial score (nSPS) is 29.4. The molecule has 1 aromatic heterocycles. The topological polar surface area (TPSA) is 30.0 Å². The number of ketones is 1. The van der Waals surface area contributed by atoms with Crippen LogP contribution in [-0.4, -0.2) is 21.3 Å². The van der Waals surface area contributed by atoms with Crippen molar-refractivity contribution in [2.75, 3.05) is 0 Å². The Hall–Kier alpha value is -1.04. The highest BCUT2D eigenvalue weighted by atomic mass is 32.2. The number of aromatic nitrogens is 1. The van der Waals surface area contributed by atoms with Crippen LogP contribution in [0.1, 0.15) is 41.6 Å². The van der Waals surface area contributed by atoms with Gasteiger partial charge in [0.1, 0.15) is 0 Å². The summed E-state index contributed by atoms with van der Waals surface area (Å²) in [7, 11) is 0. The van der Waals surface area contributed by atoms with Crippen LogP contribution in [0, 0.1) is 5.92 Å². The molecular weight excluding hydrogens is 287 g/mol. The molecule has 0 amide bonds. The predicted molar refractivity (Wildman–Crippen MR) is 70.7 cm³/mol. The molecule has 0 aliphatic carbocycles. The van der Waals surface area contributed by atoms with Gasteiger partial charge in [0.25, 0.3) is 0 Å². The van der Waals surface area contributed by atoms with Crippen molar-refractivity contribution >= 4 is 17.5 Å². The number of pyridine rings is 1. The summed E-state index contributed by atoms with van der Waals surface area (Å²) in [5, 5.41) is 0.877. The van der Waals surface area contributed by atoms with E-state index in [4.69, 9.17) is 0 Å². The average molecular weight is 301 g/mol. The van der Waals surface area contributed by atoms with Crippen LogP contribution in [0.15, 0.2) is 18.5 Å². The van der Waals surface area contributed by atoms with E-state index in [-0.39, 0.29) is 17.3 Å². The molecule has 6 heteroatoms. The van der Waals surface area contributed by atoms with Crippen LogP contribution < -0.4 is 0 Å². The number of thioether (sulfide) groups is 1. The third-order valence-corrected chi connectivity index (χ3v) is 5.68. The van der Waals surface area contributed by atoms with Gasteiger partial charge in [0.15, 0.2) is 5.78 Å². The Morgan fingerprint density at radius 1 is 1.25 bits per heavy atom. The minimum atomic E-state index is -4.50. The van der Waals surface area contributed by atoms with E-state index in [0.717, 1.165) is 31.3 Å². The van der Waals surface area contributed by atoms with Gasteiger partial charge >= 0.3 is 6.18 Å². The largest absolute Gasteiger partial charge is 0.417 e. The first-order valence-electron chi connectivity index (χ1n) is 6.66. The highest BCUT2D eigenvalue weighted by Crippen LogP contribution is 2.47. The van der Waals surface area contributed by atoms with Gasteiger partial charge in [-0.3, -0.25) is 9.78 Å². The molecule has 3 rings (SSSR count). The zero-order chi connectivity index (χ0) is 14.3. The Morgan fingerprint density at radius 3 is 2.50 bits per heavy atom. The molecule has 0 saturated carbocycles. The van der Waals surface area contributed by atoms with Crippen molar-refractivity contribution in [3.05, 3.63) is 29.6 Å². The summed E-state index contributed by atoms with van der Waals surface area (Å²) in [6, 6.07) is 0.888. The van der Waals surface area contributed by atoms with E-state index in [1.165, 1.54) is 0 Å². The van der Waals surface area contributed by atoms with Crippen molar-refractivity contribution in [1.29, 1.82) is 0 Å². The summed E-state index contributed by atoms with van der Waals surface area (Å²) in [5.41, 5.74) is -1.13. The maximum atomic E-state index is 13.0. The van der Waals surface area contributed by atoms with E-state index in [1.807, 2.05) is 11.8 Å². The van der Waals surface area contributed by atoms with Crippen molar-refractivity contribution < 1.29 is 18.0 Å². The van der Waals surface area contributed by atoms with Gasteiger partial charge in [0.2, 0.25) is 0 Å². The molecule has 2 aliphatic heterocycles. The first-order valence-corrected chi connectivity index (χ1v) is 7.60. The van der Waals surface area contributed by atoms with Gasteiger partial charge in [0, 0.05) is 34.4 Å². The number of hydrogen-bond acceptors (Lipinski definition) is 3. The quantitative estimate of drug-likeness (QED) is 0.775. The summed E-state index contributed by atoms with van der Waals surface area (Å²) in [6.07, 6.45) is 1.21. The fourth-order valence-electron chi connectivity index (χ4n) is 3.13. The first kappa shape index (κ1) is 13.9. The lowest BCUT2D eigenvalue weighted by atomic mass is 9.89. The fraction of sp³-hybridized carbons (Fsp3) is 0.571. The van der Waals surface area contributed by atoms with Crippen LogP contribution in [0.5, 0.6) is 0 Å². The Balaban J connectivity index is 1.88. The van der Waals surface area contributed by atoms with Crippen LogP contribution in [-0.2, 0) is 6.18 Å². The van der Waals surface area contributed by atoms with Crippen molar-refractivity contribution in [2.24, 2.45) is 5.92 Å². The monoisotopic (exact) mass is 301 g/mol. The summed E-state index contributed by atoms with van der Waals surface area (Å²) in [6.45, 7) is 0. The number of rotatable bonds is 2. The number of carbonyl (C=O) groups excluding carboxylic acids is 1. The molecule has 20 heavy (non-hydrogen) atoms. The second-order valence-electron chi connectivity index (χ2n) is 5.41. The molecule has 108 valence electrons. The number of halogens is 3. The second-order valence-corrected chi connectivity index (χ2v) is 7.01. The summed E-state index contributed by atoms with van der Waals surface area (Å²) in [4.78, 5) is 16.1. The zero-order valence-electron chi connectivity index (χ0n) is 10.7. The van der Waals surface area contributed by atoms with Crippen LogP contribution in [0.3, 0.4) is 0 Å². The van der Waals surface area contributed by atoms with E-state index in [1.54, 1.807) is 0 Å². The lowest BCUT2D eigenvalue weighted by Crippen LogP contribution is -2.26. The van der Waals surface area contributed by atoms with E-state index >= 15 is 0 Å². The molecule has 2 bridgehead atoms. The fourth-order valence-corrected chi connectivity index (χ4v) is 4.91. The first-order chi connectivity index (χ1) is 9.45. The van der Waals surface area contributed by atoms with Crippen molar-refractivity contribution in [3.63, 3.8) is 0 Å². The molecule has 2 fully saturated rings. The second kappa shape index (κ2) is 5.06. The lowest BCUT2D eigenvalue weighted by Gasteiger charge is -2.26. The van der Waals surface area contributed by atoms with Gasteiger partial charge in [-0.05, 0) is 31.7 Å². The predicted octanol–water partition coefficient (Wildman–Crippen LogP) is 3.96. The number of nitrogens with zero attached hydrogens (tertiary/aromatic N) is 1. The minimum absolute atomic E-state index is 0.267. The van der Waals surface area contributed by atoms with Crippen molar-refractivity contribution in [3.8, 4) is 0 Å². The van der Waals surface area contributed by atoms with Gasteiger partial charge in [0.05, 0.1) is 5.56 Å². The molecule has 0 aromatic carbocycles. The summed E-state index contributed by atoms with van der Waals surface area (Å²) < 4.78 is 38.9. The minimum Gasteiger partial charge on any atom is -0.294 e. The Bertz CT molecular complexity index is 519. The van der Waals surface area contributed by atoms with E-state index in [9.17, 15) is 18.0 Å². The molecule has 3 heterocycles. The standard InChI is InChI=1S/C14H14F3NOS/c15-14(16,17)12-3-4-18-7-11(12)13(19)8-5-9-1-2-10(6-8)20-9/h3-4,7-10H,1-2,5-6H2. The summed E-state index contributed by atoms with van der Waals surface area (Å²) >= 11 is 1.89. The number of alkyl halides is 3. The molecule has 2 atom stereocenters. The summed E-state index contributed by atoms with van der Waals surface area (Å²) in [5.74, 6) is -0.665. The van der Waals surface area contributed by atoms with Crippen LogP contribution >= 0.6 is 11.8 Å². The average Bonchev–Trinajstić information content (AvgIpc) is 2.75. The smallest absolute Gasteiger partial charge is 0.294 e. The number of Topliss-reactive ketones (excluding diaryl/α,β-unsaturated/α-hetero) is 1. The number of hydrogen-bond donors (Lipinski definition) is 0. The van der Waals surface area contributed by atoms with Crippen LogP contribution in [0.4, 0.5) is 13.2 Å². The van der Waals surface area contributed by atoms with Crippen molar-refractivity contribution in [2.45, 2.75) is 42.4 Å². The van der Waals surface area contributed by atoms with E-state index in [2.05, 4.69) is 4.98 Å². The Labute approximate surface area is 119 Å². The van der Waals surface area contributed by atoms with Gasteiger partial charge < -0.3 is 0 Å². The molecule has 2 nitrogen and oxygen atoms in total. The Kier molecular flexibility index (Phi) is 3.52. The molecular formula is C14H14F3NOS. The maximum Gasteiger partial charge on any atom is 0.417 e. The molecule has 0 radical (unpaired) electrons. The zero-order valence-corrected chi connectivity index (χ0v) is 11.5. The third-order valence-electron chi connectivity index (χ3n) is 4.05. The molecule has 2 unspecified atom stereocenters. The SMILES string of the molecule is O=C(c1cnccc1C(F)(F)F)C1CC2CCC(C1)S2. The highest BCUT2D eigenvalue weighted by Gasteiger charge is 2.41. The number of carbonyl (C=O) groups is 1. The highest BCUT2D eigenvalue weighted by molar-refractivity contribution is 8.00. The van der Waals surface area contributed by atoms with Crippen LogP contribution in [0.2, 0.25) is 0 Å². The van der Waals surface area contributed by atoms with Gasteiger partial charge in [-0.15, -0.1) is 0 Å². The lowest BCUT2D eigenvalue weighted by molar-refractivity contribution is -0.138. The molecule has 0 spiro atoms. The Morgan fingerprint density at radius 2 is 1.90 bits per heavy atom. The van der Waals surface area contributed by atoms with Gasteiger partial charge in [-0.1, -0.05) is 0 Å². The number of fused-ring (bicyclic) bond motifs is 2.